The van der Waals surface area contributed by atoms with Gasteiger partial charge in [0.15, 0.2) is 0 Å². The van der Waals surface area contributed by atoms with E-state index in [0.717, 1.165) is 0 Å². The predicted molar refractivity (Wildman–Crippen MR) is 122 cm³/mol. The van der Waals surface area contributed by atoms with Gasteiger partial charge in [-0.15, -0.1) is 0 Å². The van der Waals surface area contributed by atoms with Crippen LogP contribution in [0, 0.1) is 0 Å². The molecule has 0 unspecified atom stereocenters. The van der Waals surface area contributed by atoms with Crippen molar-refractivity contribution in [2.24, 2.45) is 4.99 Å². The van der Waals surface area contributed by atoms with Crippen molar-refractivity contribution >= 4 is 46.7 Å². The van der Waals surface area contributed by atoms with Gasteiger partial charge in [0.2, 0.25) is 5.88 Å². The lowest BCUT2D eigenvalue weighted by Gasteiger charge is -2.12. The van der Waals surface area contributed by atoms with Gasteiger partial charge in [-0.1, -0.05) is 34.8 Å². The molecular weight excluding hydrogens is 445 g/mol. The molecule has 1 aromatic heterocycles. The Labute approximate surface area is 187 Å². The van der Waals surface area contributed by atoms with E-state index in [0.29, 0.717) is 32.1 Å². The molecule has 0 fully saturated rings. The van der Waals surface area contributed by atoms with Crippen molar-refractivity contribution in [3.63, 3.8) is 0 Å². The zero-order chi connectivity index (χ0) is 21.3. The highest BCUT2D eigenvalue weighted by Crippen LogP contribution is 2.25. The molecule has 0 spiro atoms. The van der Waals surface area contributed by atoms with Crippen LogP contribution in [-0.2, 0) is 0 Å². The Balaban J connectivity index is 1.90. The van der Waals surface area contributed by atoms with E-state index in [1.54, 1.807) is 72.8 Å². The molecule has 0 saturated carbocycles. The van der Waals surface area contributed by atoms with E-state index in [1.807, 2.05) is 0 Å². The summed E-state index contributed by atoms with van der Waals surface area (Å²) in [6, 6.07) is 20.3. The SMILES string of the molecule is O=c1c(C=Nc2ccc(Cl)cc2)c(O)n(-c2ccc(Cl)cc2)n1-c1ccc(Cl)cc1. The molecule has 3 aromatic carbocycles. The molecule has 1 heterocycles. The summed E-state index contributed by atoms with van der Waals surface area (Å²) in [4.78, 5) is 17.5. The van der Waals surface area contributed by atoms with Crippen molar-refractivity contribution in [2.75, 3.05) is 0 Å². The van der Waals surface area contributed by atoms with Gasteiger partial charge in [-0.3, -0.25) is 9.79 Å². The van der Waals surface area contributed by atoms with Crippen LogP contribution in [0.2, 0.25) is 15.1 Å². The van der Waals surface area contributed by atoms with Gasteiger partial charge < -0.3 is 5.11 Å². The maximum absolute atomic E-state index is 13.2. The molecule has 0 saturated heterocycles. The molecule has 0 amide bonds. The van der Waals surface area contributed by atoms with Crippen molar-refractivity contribution in [3.8, 4) is 17.3 Å². The van der Waals surface area contributed by atoms with Crippen LogP contribution >= 0.6 is 34.8 Å². The molecule has 0 bridgehead atoms. The molecule has 0 radical (unpaired) electrons. The standard InChI is InChI=1S/C22H14Cl3N3O2/c23-14-1-7-17(8-2-14)26-13-20-21(29)27(18-9-3-15(24)4-10-18)28(22(20)30)19-11-5-16(25)6-12-19/h1-13,29H. The van der Waals surface area contributed by atoms with E-state index in [1.165, 1.54) is 15.6 Å². The van der Waals surface area contributed by atoms with Crippen molar-refractivity contribution < 1.29 is 5.11 Å². The molecule has 8 heteroatoms. The third kappa shape index (κ3) is 4.00. The first-order chi connectivity index (χ1) is 14.4. The number of nitrogens with zero attached hydrogens (tertiary/aromatic N) is 3. The first-order valence-electron chi connectivity index (χ1n) is 8.82. The predicted octanol–water partition coefficient (Wildman–Crippen LogP) is 6.04. The molecule has 0 atom stereocenters. The quantitative estimate of drug-likeness (QED) is 0.379. The molecular formula is C22H14Cl3N3O2. The van der Waals surface area contributed by atoms with Crippen LogP contribution in [0.5, 0.6) is 5.88 Å². The molecule has 0 aliphatic rings. The minimum Gasteiger partial charge on any atom is -0.493 e. The summed E-state index contributed by atoms with van der Waals surface area (Å²) in [6.45, 7) is 0. The minimum absolute atomic E-state index is 0.0369. The Kier molecular flexibility index (Phi) is 5.68. The van der Waals surface area contributed by atoms with Gasteiger partial charge in [-0.2, -0.15) is 0 Å². The van der Waals surface area contributed by atoms with Crippen LogP contribution in [0.15, 0.2) is 82.6 Å². The monoisotopic (exact) mass is 457 g/mol. The number of hydrogen-bond acceptors (Lipinski definition) is 3. The molecule has 4 rings (SSSR count). The highest BCUT2D eigenvalue weighted by molar-refractivity contribution is 6.31. The summed E-state index contributed by atoms with van der Waals surface area (Å²) in [5, 5.41) is 12.6. The normalized spacial score (nSPS) is 11.3. The summed E-state index contributed by atoms with van der Waals surface area (Å²) in [7, 11) is 0. The fourth-order valence-corrected chi connectivity index (χ4v) is 3.30. The Morgan fingerprint density at radius 3 is 1.63 bits per heavy atom. The lowest BCUT2D eigenvalue weighted by Crippen LogP contribution is -2.21. The average Bonchev–Trinajstić information content (AvgIpc) is 2.99. The van der Waals surface area contributed by atoms with E-state index in [2.05, 4.69) is 4.99 Å². The maximum Gasteiger partial charge on any atom is 0.284 e. The van der Waals surface area contributed by atoms with Gasteiger partial charge in [-0.25, -0.2) is 9.36 Å². The summed E-state index contributed by atoms with van der Waals surface area (Å²) < 4.78 is 2.74. The molecule has 4 aromatic rings. The number of rotatable bonds is 4. The van der Waals surface area contributed by atoms with Crippen LogP contribution in [0.25, 0.3) is 11.4 Å². The van der Waals surface area contributed by atoms with Crippen LogP contribution in [0.1, 0.15) is 5.56 Å². The smallest absolute Gasteiger partial charge is 0.284 e. The highest BCUT2D eigenvalue weighted by Gasteiger charge is 2.21. The molecule has 1 N–H and O–H groups in total. The number of hydrogen-bond donors (Lipinski definition) is 1. The van der Waals surface area contributed by atoms with E-state index >= 15 is 0 Å². The summed E-state index contributed by atoms with van der Waals surface area (Å²) in [5.41, 5.74) is 1.27. The lowest BCUT2D eigenvalue weighted by atomic mass is 10.3. The number of halogens is 3. The van der Waals surface area contributed by atoms with Gasteiger partial charge >= 0.3 is 0 Å². The minimum atomic E-state index is -0.442. The number of aliphatic imine (C=N–C) groups is 1. The van der Waals surface area contributed by atoms with E-state index in [4.69, 9.17) is 34.8 Å². The zero-order valence-electron chi connectivity index (χ0n) is 15.3. The molecule has 5 nitrogen and oxygen atoms in total. The summed E-state index contributed by atoms with van der Waals surface area (Å²) >= 11 is 17.9. The van der Waals surface area contributed by atoms with Crippen molar-refractivity contribution in [3.05, 3.63) is 104 Å². The van der Waals surface area contributed by atoms with Crippen LogP contribution in [-0.4, -0.2) is 20.7 Å². The topological polar surface area (TPSA) is 59.5 Å². The van der Waals surface area contributed by atoms with Gasteiger partial charge in [-0.05, 0) is 72.8 Å². The van der Waals surface area contributed by atoms with Crippen molar-refractivity contribution in [2.45, 2.75) is 0 Å². The molecule has 0 aliphatic carbocycles. The van der Waals surface area contributed by atoms with Crippen LogP contribution in [0.4, 0.5) is 5.69 Å². The third-order valence-electron chi connectivity index (χ3n) is 4.38. The Bertz CT molecular complexity index is 1270. The summed E-state index contributed by atoms with van der Waals surface area (Å²) in [6.07, 6.45) is 1.33. The number of aromatic nitrogens is 2. The fraction of sp³-hybridized carbons (Fsp3) is 0. The Morgan fingerprint density at radius 2 is 1.13 bits per heavy atom. The average molecular weight is 459 g/mol. The fourth-order valence-electron chi connectivity index (χ4n) is 2.92. The molecule has 0 aliphatic heterocycles. The second-order valence-electron chi connectivity index (χ2n) is 6.35. The first kappa shape index (κ1) is 20.3. The third-order valence-corrected chi connectivity index (χ3v) is 5.13. The van der Waals surface area contributed by atoms with Gasteiger partial charge in [0.1, 0.15) is 5.56 Å². The maximum atomic E-state index is 13.2. The van der Waals surface area contributed by atoms with Crippen molar-refractivity contribution in [1.29, 1.82) is 0 Å². The summed E-state index contributed by atoms with van der Waals surface area (Å²) in [5.74, 6) is -0.255. The zero-order valence-corrected chi connectivity index (χ0v) is 17.6. The van der Waals surface area contributed by atoms with Crippen LogP contribution in [0.3, 0.4) is 0 Å². The molecule has 150 valence electrons. The van der Waals surface area contributed by atoms with Crippen LogP contribution < -0.4 is 5.56 Å². The van der Waals surface area contributed by atoms with E-state index < -0.39 is 5.56 Å². The molecule has 30 heavy (non-hydrogen) atoms. The second kappa shape index (κ2) is 8.40. The largest absolute Gasteiger partial charge is 0.493 e. The van der Waals surface area contributed by atoms with E-state index in [-0.39, 0.29) is 11.4 Å². The van der Waals surface area contributed by atoms with E-state index in [9.17, 15) is 9.90 Å². The first-order valence-corrected chi connectivity index (χ1v) is 9.96. The second-order valence-corrected chi connectivity index (χ2v) is 7.66. The Hall–Kier alpha value is -2.99. The number of aromatic hydroxyl groups is 1. The Morgan fingerprint density at radius 1 is 0.700 bits per heavy atom. The van der Waals surface area contributed by atoms with Gasteiger partial charge in [0.05, 0.1) is 17.1 Å². The van der Waals surface area contributed by atoms with Crippen molar-refractivity contribution in [1.82, 2.24) is 9.36 Å². The van der Waals surface area contributed by atoms with Gasteiger partial charge in [0.25, 0.3) is 5.56 Å². The van der Waals surface area contributed by atoms with Gasteiger partial charge in [0, 0.05) is 21.3 Å². The number of benzene rings is 3. The highest BCUT2D eigenvalue weighted by atomic mass is 35.5. The lowest BCUT2D eigenvalue weighted by molar-refractivity contribution is 0.425.